The van der Waals surface area contributed by atoms with Gasteiger partial charge >= 0.3 is 0 Å². The van der Waals surface area contributed by atoms with Crippen molar-refractivity contribution in [2.45, 2.75) is 26.2 Å². The van der Waals surface area contributed by atoms with Gasteiger partial charge in [-0.1, -0.05) is 36.8 Å². The van der Waals surface area contributed by atoms with Crippen molar-refractivity contribution in [2.75, 3.05) is 26.8 Å². The zero-order valence-corrected chi connectivity index (χ0v) is 10.6. The molecule has 0 aliphatic heterocycles. The van der Waals surface area contributed by atoms with E-state index in [9.17, 15) is 0 Å². The number of ether oxygens (including phenoxy) is 1. The molecule has 0 spiro atoms. The summed E-state index contributed by atoms with van der Waals surface area (Å²) in [6.45, 7) is 7.14. The Balaban J connectivity index is 2.57. The van der Waals surface area contributed by atoms with E-state index in [1.165, 1.54) is 11.1 Å². The van der Waals surface area contributed by atoms with Crippen LogP contribution in [0.5, 0.6) is 0 Å². The van der Waals surface area contributed by atoms with E-state index >= 15 is 0 Å². The van der Waals surface area contributed by atoms with Gasteiger partial charge in [0.15, 0.2) is 0 Å². The Hall–Kier alpha value is -0.860. The van der Waals surface area contributed by atoms with Gasteiger partial charge in [-0.3, -0.25) is 0 Å². The monoisotopic (exact) mass is 221 g/mol. The summed E-state index contributed by atoms with van der Waals surface area (Å²) >= 11 is 0. The van der Waals surface area contributed by atoms with Gasteiger partial charge < -0.3 is 10.1 Å². The molecule has 0 saturated heterocycles. The summed E-state index contributed by atoms with van der Waals surface area (Å²) in [5, 5.41) is 3.36. The standard InChI is InChI=1S/C14H23NO/c1-4-15-10-9-14(11-16-3)13-7-5-12(2)6-8-13/h5-8,14-15H,4,9-11H2,1-3H3. The maximum absolute atomic E-state index is 5.29. The molecule has 1 N–H and O–H groups in total. The van der Waals surface area contributed by atoms with Crippen molar-refractivity contribution in [3.8, 4) is 0 Å². The normalized spacial score (nSPS) is 12.7. The van der Waals surface area contributed by atoms with Gasteiger partial charge in [0, 0.05) is 13.0 Å². The molecular formula is C14H23NO. The number of benzene rings is 1. The van der Waals surface area contributed by atoms with Gasteiger partial charge in [0.05, 0.1) is 6.61 Å². The quantitative estimate of drug-likeness (QED) is 0.715. The second-order valence-corrected chi connectivity index (χ2v) is 4.21. The summed E-state index contributed by atoms with van der Waals surface area (Å²) in [6, 6.07) is 8.77. The van der Waals surface area contributed by atoms with Gasteiger partial charge in [-0.2, -0.15) is 0 Å². The van der Waals surface area contributed by atoms with Crippen LogP contribution in [0.3, 0.4) is 0 Å². The van der Waals surface area contributed by atoms with E-state index in [1.54, 1.807) is 7.11 Å². The Morgan fingerprint density at radius 2 is 1.94 bits per heavy atom. The SMILES string of the molecule is CCNCCC(COC)c1ccc(C)cc1. The van der Waals surface area contributed by atoms with E-state index in [4.69, 9.17) is 4.74 Å². The van der Waals surface area contributed by atoms with E-state index in [0.717, 1.165) is 26.1 Å². The van der Waals surface area contributed by atoms with Crippen LogP contribution in [0.2, 0.25) is 0 Å². The molecule has 0 radical (unpaired) electrons. The van der Waals surface area contributed by atoms with Gasteiger partial charge in [-0.05, 0) is 32.0 Å². The number of hydrogen-bond donors (Lipinski definition) is 1. The topological polar surface area (TPSA) is 21.3 Å². The number of hydrogen-bond acceptors (Lipinski definition) is 2. The Bertz CT molecular complexity index is 281. The highest BCUT2D eigenvalue weighted by Gasteiger charge is 2.10. The van der Waals surface area contributed by atoms with Gasteiger partial charge in [0.2, 0.25) is 0 Å². The van der Waals surface area contributed by atoms with Crippen molar-refractivity contribution in [3.05, 3.63) is 35.4 Å². The molecule has 1 aromatic carbocycles. The summed E-state index contributed by atoms with van der Waals surface area (Å²) in [5.74, 6) is 0.504. The summed E-state index contributed by atoms with van der Waals surface area (Å²) < 4.78 is 5.29. The van der Waals surface area contributed by atoms with Crippen LogP contribution in [0.15, 0.2) is 24.3 Å². The first-order chi connectivity index (χ1) is 7.77. The maximum Gasteiger partial charge on any atom is 0.0531 e. The highest BCUT2D eigenvalue weighted by atomic mass is 16.5. The minimum absolute atomic E-state index is 0.504. The third-order valence-corrected chi connectivity index (χ3v) is 2.84. The van der Waals surface area contributed by atoms with Crippen molar-refractivity contribution >= 4 is 0 Å². The van der Waals surface area contributed by atoms with Crippen LogP contribution in [0.1, 0.15) is 30.4 Å². The lowest BCUT2D eigenvalue weighted by molar-refractivity contribution is 0.175. The molecule has 0 saturated carbocycles. The van der Waals surface area contributed by atoms with E-state index in [0.29, 0.717) is 5.92 Å². The van der Waals surface area contributed by atoms with E-state index < -0.39 is 0 Å². The highest BCUT2D eigenvalue weighted by molar-refractivity contribution is 5.24. The Morgan fingerprint density at radius 3 is 2.50 bits per heavy atom. The zero-order valence-electron chi connectivity index (χ0n) is 10.6. The first-order valence-corrected chi connectivity index (χ1v) is 6.04. The molecule has 0 aliphatic carbocycles. The second kappa shape index (κ2) is 7.42. The van der Waals surface area contributed by atoms with Crippen molar-refractivity contribution in [1.29, 1.82) is 0 Å². The number of rotatable bonds is 7. The van der Waals surface area contributed by atoms with Crippen LogP contribution in [-0.2, 0) is 4.74 Å². The Morgan fingerprint density at radius 1 is 1.25 bits per heavy atom. The third kappa shape index (κ3) is 4.33. The number of methoxy groups -OCH3 is 1. The summed E-state index contributed by atoms with van der Waals surface area (Å²) in [7, 11) is 1.77. The molecule has 0 aromatic heterocycles. The zero-order chi connectivity index (χ0) is 11.8. The molecule has 16 heavy (non-hydrogen) atoms. The Labute approximate surface area is 99.0 Å². The van der Waals surface area contributed by atoms with Gasteiger partial charge in [0.25, 0.3) is 0 Å². The maximum atomic E-state index is 5.29. The third-order valence-electron chi connectivity index (χ3n) is 2.84. The van der Waals surface area contributed by atoms with Gasteiger partial charge in [-0.25, -0.2) is 0 Å². The summed E-state index contributed by atoms with van der Waals surface area (Å²) in [6.07, 6.45) is 1.13. The van der Waals surface area contributed by atoms with Crippen LogP contribution in [0.25, 0.3) is 0 Å². The first-order valence-electron chi connectivity index (χ1n) is 6.04. The lowest BCUT2D eigenvalue weighted by atomic mass is 9.96. The van der Waals surface area contributed by atoms with Crippen molar-refractivity contribution in [1.82, 2.24) is 5.32 Å². The average Bonchev–Trinajstić information content (AvgIpc) is 2.29. The molecule has 0 heterocycles. The molecule has 2 heteroatoms. The molecule has 1 atom stereocenters. The van der Waals surface area contributed by atoms with E-state index in [1.807, 2.05) is 0 Å². The van der Waals surface area contributed by atoms with Crippen LogP contribution < -0.4 is 5.32 Å². The van der Waals surface area contributed by atoms with Crippen LogP contribution in [-0.4, -0.2) is 26.8 Å². The Kier molecular flexibility index (Phi) is 6.12. The molecule has 90 valence electrons. The fourth-order valence-corrected chi connectivity index (χ4v) is 1.84. The molecule has 0 amide bonds. The smallest absolute Gasteiger partial charge is 0.0531 e. The fraction of sp³-hybridized carbons (Fsp3) is 0.571. The fourth-order valence-electron chi connectivity index (χ4n) is 1.84. The van der Waals surface area contributed by atoms with Gasteiger partial charge in [-0.15, -0.1) is 0 Å². The summed E-state index contributed by atoms with van der Waals surface area (Å²) in [4.78, 5) is 0. The van der Waals surface area contributed by atoms with Gasteiger partial charge in [0.1, 0.15) is 0 Å². The average molecular weight is 221 g/mol. The lowest BCUT2D eigenvalue weighted by Gasteiger charge is -2.16. The molecule has 1 unspecified atom stereocenters. The highest BCUT2D eigenvalue weighted by Crippen LogP contribution is 2.20. The molecule has 0 aliphatic rings. The number of aryl methyl sites for hydroxylation is 1. The largest absolute Gasteiger partial charge is 0.384 e. The molecule has 1 rings (SSSR count). The van der Waals surface area contributed by atoms with Crippen molar-refractivity contribution < 1.29 is 4.74 Å². The molecule has 1 aromatic rings. The summed E-state index contributed by atoms with van der Waals surface area (Å²) in [5.41, 5.74) is 2.69. The molecular weight excluding hydrogens is 198 g/mol. The predicted octanol–water partition coefficient (Wildman–Crippen LogP) is 2.72. The van der Waals surface area contributed by atoms with Crippen LogP contribution in [0.4, 0.5) is 0 Å². The van der Waals surface area contributed by atoms with Crippen LogP contribution in [0, 0.1) is 6.92 Å². The number of nitrogens with one attached hydrogen (secondary N) is 1. The van der Waals surface area contributed by atoms with Crippen molar-refractivity contribution in [2.24, 2.45) is 0 Å². The minimum Gasteiger partial charge on any atom is -0.384 e. The molecule has 0 fully saturated rings. The molecule has 2 nitrogen and oxygen atoms in total. The lowest BCUT2D eigenvalue weighted by Crippen LogP contribution is -2.18. The van der Waals surface area contributed by atoms with Crippen molar-refractivity contribution in [3.63, 3.8) is 0 Å². The molecule has 0 bridgehead atoms. The van der Waals surface area contributed by atoms with E-state index in [2.05, 4.69) is 43.4 Å². The van der Waals surface area contributed by atoms with Crippen LogP contribution >= 0.6 is 0 Å². The first kappa shape index (κ1) is 13.2. The van der Waals surface area contributed by atoms with E-state index in [-0.39, 0.29) is 0 Å². The predicted molar refractivity (Wildman–Crippen MR) is 69.0 cm³/mol. The second-order valence-electron chi connectivity index (χ2n) is 4.21. The minimum atomic E-state index is 0.504.